The third kappa shape index (κ3) is 4.50. The molecule has 138 valence electrons. The molecule has 5 nitrogen and oxygen atoms in total. The summed E-state index contributed by atoms with van der Waals surface area (Å²) in [5.41, 5.74) is 0.796. The zero-order chi connectivity index (χ0) is 18.7. The summed E-state index contributed by atoms with van der Waals surface area (Å²) in [5.74, 6) is 0.0180. The molecule has 9 heteroatoms. The smallest absolute Gasteiger partial charge is 0.389 e. The number of aromatic nitrogens is 2. The van der Waals surface area contributed by atoms with Crippen molar-refractivity contribution >= 4 is 17.4 Å². The number of nitrogens with zero attached hydrogens (tertiary/aromatic N) is 2. The van der Waals surface area contributed by atoms with Gasteiger partial charge in [-0.15, -0.1) is 0 Å². The number of hydrogen-bond donors (Lipinski definition) is 0. The van der Waals surface area contributed by atoms with Gasteiger partial charge in [-0.3, -0.25) is 4.79 Å². The Morgan fingerprint density at radius 1 is 1.27 bits per heavy atom. The van der Waals surface area contributed by atoms with E-state index in [1.165, 1.54) is 12.4 Å². The van der Waals surface area contributed by atoms with Crippen LogP contribution in [0.3, 0.4) is 0 Å². The number of carbonyl (C=O) groups excluding carboxylic acids is 1. The fraction of sp³-hybridized carbons (Fsp3) is 0.353. The quantitative estimate of drug-likeness (QED) is 0.730. The van der Waals surface area contributed by atoms with Gasteiger partial charge in [0.2, 0.25) is 0 Å². The molecule has 3 rings (SSSR count). The number of fused-ring (bicyclic) bond motifs is 1. The fourth-order valence-electron chi connectivity index (χ4n) is 2.71. The Labute approximate surface area is 152 Å². The maximum Gasteiger partial charge on any atom is 0.389 e. The van der Waals surface area contributed by atoms with Crippen molar-refractivity contribution in [2.75, 3.05) is 6.61 Å². The molecular weight excluding hydrogens is 373 g/mol. The minimum Gasteiger partial charge on any atom is -0.424 e. The first-order valence-electron chi connectivity index (χ1n) is 7.83. The SMILES string of the molecule is O=C1COC(CCCC(F)(F)F)c2c(Oc3ncc(Cl)cn3)cccc21. The lowest BCUT2D eigenvalue weighted by molar-refractivity contribution is -0.137. The number of ether oxygens (including phenoxy) is 2. The number of alkyl halides is 3. The molecule has 1 unspecified atom stereocenters. The Bertz CT molecular complexity index is 797. The second-order valence-electron chi connectivity index (χ2n) is 5.73. The van der Waals surface area contributed by atoms with E-state index < -0.39 is 18.7 Å². The summed E-state index contributed by atoms with van der Waals surface area (Å²) in [4.78, 5) is 19.9. The topological polar surface area (TPSA) is 61.3 Å². The first-order chi connectivity index (χ1) is 12.3. The van der Waals surface area contributed by atoms with Crippen LogP contribution >= 0.6 is 11.6 Å². The number of carbonyl (C=O) groups is 1. The average Bonchev–Trinajstić information content (AvgIpc) is 2.58. The van der Waals surface area contributed by atoms with E-state index in [4.69, 9.17) is 21.1 Å². The van der Waals surface area contributed by atoms with Crippen LogP contribution in [-0.4, -0.2) is 28.5 Å². The van der Waals surface area contributed by atoms with E-state index in [-0.39, 0.29) is 37.0 Å². The molecule has 26 heavy (non-hydrogen) atoms. The predicted molar refractivity (Wildman–Crippen MR) is 86.5 cm³/mol. The number of rotatable bonds is 5. The van der Waals surface area contributed by atoms with Crippen LogP contribution in [-0.2, 0) is 4.74 Å². The molecule has 0 spiro atoms. The monoisotopic (exact) mass is 386 g/mol. The van der Waals surface area contributed by atoms with Crippen LogP contribution < -0.4 is 4.74 Å². The standard InChI is InChI=1S/C17H14ClF3N2O3/c18-10-7-22-16(23-8-10)26-14-4-1-3-11-12(24)9-25-13(15(11)14)5-2-6-17(19,20)21/h1,3-4,7-8,13H,2,5-6,9H2. The highest BCUT2D eigenvalue weighted by molar-refractivity contribution is 6.30. The number of halogens is 4. The molecule has 0 saturated heterocycles. The van der Waals surface area contributed by atoms with Gasteiger partial charge in [-0.1, -0.05) is 23.7 Å². The minimum absolute atomic E-state index is 0.00913. The Kier molecular flexibility index (Phi) is 5.43. The molecule has 0 radical (unpaired) electrons. The maximum absolute atomic E-state index is 12.4. The number of ketones is 1. The van der Waals surface area contributed by atoms with Crippen molar-refractivity contribution in [2.24, 2.45) is 0 Å². The summed E-state index contributed by atoms with van der Waals surface area (Å²) in [6, 6.07) is 4.83. The molecule has 0 fully saturated rings. The first-order valence-corrected chi connectivity index (χ1v) is 8.21. The van der Waals surface area contributed by atoms with E-state index in [0.29, 0.717) is 16.1 Å². The van der Waals surface area contributed by atoms with Gasteiger partial charge in [0.15, 0.2) is 5.78 Å². The highest BCUT2D eigenvalue weighted by Gasteiger charge is 2.32. The van der Waals surface area contributed by atoms with Gasteiger partial charge >= 0.3 is 12.2 Å². The molecule has 2 heterocycles. The van der Waals surface area contributed by atoms with E-state index in [2.05, 4.69) is 9.97 Å². The van der Waals surface area contributed by atoms with Crippen molar-refractivity contribution in [3.8, 4) is 11.8 Å². The van der Waals surface area contributed by atoms with E-state index in [9.17, 15) is 18.0 Å². The van der Waals surface area contributed by atoms with E-state index >= 15 is 0 Å². The fourth-order valence-corrected chi connectivity index (χ4v) is 2.81. The van der Waals surface area contributed by atoms with Crippen molar-refractivity contribution in [3.05, 3.63) is 46.7 Å². The second kappa shape index (κ2) is 7.59. The van der Waals surface area contributed by atoms with Gasteiger partial charge in [0.05, 0.1) is 23.5 Å². The molecule has 0 amide bonds. The van der Waals surface area contributed by atoms with Crippen LogP contribution in [0.15, 0.2) is 30.6 Å². The van der Waals surface area contributed by atoms with Crippen LogP contribution in [0, 0.1) is 0 Å². The molecular formula is C17H14ClF3N2O3. The largest absolute Gasteiger partial charge is 0.424 e. The lowest BCUT2D eigenvalue weighted by atomic mass is 9.93. The van der Waals surface area contributed by atoms with Crippen molar-refractivity contribution in [1.82, 2.24) is 9.97 Å². The van der Waals surface area contributed by atoms with Gasteiger partial charge in [-0.2, -0.15) is 13.2 Å². The van der Waals surface area contributed by atoms with Gasteiger partial charge in [0.1, 0.15) is 12.4 Å². The molecule has 1 aliphatic rings. The Balaban J connectivity index is 1.86. The Morgan fingerprint density at radius 2 is 2.00 bits per heavy atom. The molecule has 1 aliphatic heterocycles. The Morgan fingerprint density at radius 3 is 2.69 bits per heavy atom. The van der Waals surface area contributed by atoms with E-state index in [1.807, 2.05) is 0 Å². The minimum atomic E-state index is -4.24. The zero-order valence-corrected chi connectivity index (χ0v) is 14.2. The molecule has 1 aromatic heterocycles. The third-order valence-electron chi connectivity index (χ3n) is 3.83. The van der Waals surface area contributed by atoms with Crippen LogP contribution in [0.2, 0.25) is 5.02 Å². The van der Waals surface area contributed by atoms with Crippen LogP contribution in [0.25, 0.3) is 0 Å². The summed E-state index contributed by atoms with van der Waals surface area (Å²) in [5, 5.41) is 0.330. The molecule has 0 aliphatic carbocycles. The van der Waals surface area contributed by atoms with E-state index in [0.717, 1.165) is 0 Å². The molecule has 1 atom stereocenters. The highest BCUT2D eigenvalue weighted by atomic mass is 35.5. The summed E-state index contributed by atoms with van der Waals surface area (Å²) >= 11 is 5.73. The predicted octanol–water partition coefficient (Wildman–Crippen LogP) is 4.91. The summed E-state index contributed by atoms with van der Waals surface area (Å²) < 4.78 is 48.4. The zero-order valence-electron chi connectivity index (χ0n) is 13.4. The van der Waals surface area contributed by atoms with Gasteiger partial charge in [0, 0.05) is 17.5 Å². The maximum atomic E-state index is 12.4. The average molecular weight is 387 g/mol. The summed E-state index contributed by atoms with van der Waals surface area (Å²) in [6.45, 7) is -0.176. The van der Waals surface area contributed by atoms with E-state index in [1.54, 1.807) is 18.2 Å². The Hall–Kier alpha value is -2.19. The molecule has 0 bridgehead atoms. The number of benzene rings is 1. The van der Waals surface area contributed by atoms with Crippen molar-refractivity contribution in [2.45, 2.75) is 31.5 Å². The van der Waals surface area contributed by atoms with Crippen molar-refractivity contribution in [1.29, 1.82) is 0 Å². The third-order valence-corrected chi connectivity index (χ3v) is 4.02. The normalized spacial score (nSPS) is 17.1. The van der Waals surface area contributed by atoms with Gasteiger partial charge in [-0.25, -0.2) is 9.97 Å². The summed E-state index contributed by atoms with van der Waals surface area (Å²) in [6.07, 6.45) is -3.13. The first kappa shape index (κ1) is 18.6. The van der Waals surface area contributed by atoms with Crippen LogP contribution in [0.4, 0.5) is 13.2 Å². The molecule has 0 N–H and O–H groups in total. The molecule has 0 saturated carbocycles. The van der Waals surface area contributed by atoms with Crippen molar-refractivity contribution < 1.29 is 27.4 Å². The van der Waals surface area contributed by atoms with Gasteiger partial charge in [-0.05, 0) is 18.9 Å². The lowest BCUT2D eigenvalue weighted by Gasteiger charge is -2.27. The highest BCUT2D eigenvalue weighted by Crippen LogP contribution is 2.39. The number of hydrogen-bond acceptors (Lipinski definition) is 5. The van der Waals surface area contributed by atoms with Gasteiger partial charge < -0.3 is 9.47 Å². The van der Waals surface area contributed by atoms with Crippen LogP contribution in [0.1, 0.15) is 41.3 Å². The molecule has 1 aromatic carbocycles. The second-order valence-corrected chi connectivity index (χ2v) is 6.17. The van der Waals surface area contributed by atoms with Crippen LogP contribution in [0.5, 0.6) is 11.8 Å². The van der Waals surface area contributed by atoms with Crippen molar-refractivity contribution in [3.63, 3.8) is 0 Å². The van der Waals surface area contributed by atoms with Gasteiger partial charge in [0.25, 0.3) is 0 Å². The molecule has 2 aromatic rings. The summed E-state index contributed by atoms with van der Waals surface area (Å²) in [7, 11) is 0. The lowest BCUT2D eigenvalue weighted by Crippen LogP contribution is -2.23. The number of Topliss-reactive ketones (excluding diaryl/α,β-unsaturated/α-hetero) is 1.